The number of rotatable bonds is 3. The van der Waals surface area contributed by atoms with E-state index in [1.165, 1.54) is 7.11 Å². The fourth-order valence-corrected chi connectivity index (χ4v) is 1.87. The van der Waals surface area contributed by atoms with Crippen molar-refractivity contribution in [3.8, 4) is 12.3 Å². The van der Waals surface area contributed by atoms with Crippen LogP contribution in [0.2, 0.25) is 0 Å². The van der Waals surface area contributed by atoms with Gasteiger partial charge < -0.3 is 4.74 Å². The Morgan fingerprint density at radius 2 is 2.25 bits per heavy atom. The third-order valence-electron chi connectivity index (χ3n) is 2.67. The molecule has 4 nitrogen and oxygen atoms in total. The fraction of sp³-hybridized carbons (Fsp3) is 0.500. The Labute approximate surface area is 95.6 Å². The number of aromatic nitrogens is 2. The van der Waals surface area contributed by atoms with Gasteiger partial charge in [-0.1, -0.05) is 5.92 Å². The Balaban J connectivity index is 3.14. The second-order valence-electron chi connectivity index (χ2n) is 3.69. The molecule has 0 aliphatic heterocycles. The molecule has 1 aromatic heterocycles. The lowest BCUT2D eigenvalue weighted by Gasteiger charge is -2.09. The van der Waals surface area contributed by atoms with Gasteiger partial charge in [-0.3, -0.25) is 9.48 Å². The third kappa shape index (κ3) is 2.08. The van der Waals surface area contributed by atoms with Gasteiger partial charge in [-0.05, 0) is 20.8 Å². The molecule has 0 saturated carbocycles. The normalized spacial score (nSPS) is 11.9. The number of nitrogens with zero attached hydrogens (tertiary/aromatic N) is 2. The average molecular weight is 220 g/mol. The molecule has 0 aromatic carbocycles. The van der Waals surface area contributed by atoms with Crippen molar-refractivity contribution in [2.45, 2.75) is 33.2 Å². The van der Waals surface area contributed by atoms with E-state index in [0.717, 1.165) is 17.0 Å². The zero-order chi connectivity index (χ0) is 12.3. The molecule has 1 atom stereocenters. The van der Waals surface area contributed by atoms with E-state index in [2.05, 4.69) is 11.0 Å². The molecule has 0 aliphatic carbocycles. The molecule has 1 aromatic rings. The van der Waals surface area contributed by atoms with E-state index in [4.69, 9.17) is 11.2 Å². The van der Waals surface area contributed by atoms with Crippen LogP contribution in [0, 0.1) is 26.2 Å². The molecule has 16 heavy (non-hydrogen) atoms. The van der Waals surface area contributed by atoms with E-state index >= 15 is 0 Å². The lowest BCUT2D eigenvalue weighted by atomic mass is 9.99. The molecule has 86 valence electrons. The van der Waals surface area contributed by atoms with Gasteiger partial charge in [0.25, 0.3) is 0 Å². The van der Waals surface area contributed by atoms with Crippen molar-refractivity contribution in [1.82, 2.24) is 9.78 Å². The highest BCUT2D eigenvalue weighted by Gasteiger charge is 2.23. The number of ether oxygens (including phenoxy) is 1. The highest BCUT2D eigenvalue weighted by atomic mass is 16.5. The van der Waals surface area contributed by atoms with E-state index in [9.17, 15) is 4.79 Å². The van der Waals surface area contributed by atoms with Gasteiger partial charge in [-0.25, -0.2) is 0 Å². The summed E-state index contributed by atoms with van der Waals surface area (Å²) >= 11 is 0. The Hall–Kier alpha value is -1.76. The first kappa shape index (κ1) is 12.3. The van der Waals surface area contributed by atoms with Crippen molar-refractivity contribution in [1.29, 1.82) is 0 Å². The van der Waals surface area contributed by atoms with Crippen LogP contribution in [0.25, 0.3) is 0 Å². The summed E-state index contributed by atoms with van der Waals surface area (Å²) in [5.41, 5.74) is 2.65. The number of hydrogen-bond acceptors (Lipinski definition) is 3. The Kier molecular flexibility index (Phi) is 3.73. The summed E-state index contributed by atoms with van der Waals surface area (Å²) in [6.07, 6.45) is 5.25. The van der Waals surface area contributed by atoms with E-state index < -0.39 is 0 Å². The van der Waals surface area contributed by atoms with Crippen LogP contribution in [0.3, 0.4) is 0 Å². The Morgan fingerprint density at radius 1 is 1.62 bits per heavy atom. The van der Waals surface area contributed by atoms with Gasteiger partial charge in [0, 0.05) is 11.3 Å². The maximum atomic E-state index is 11.5. The lowest BCUT2D eigenvalue weighted by molar-refractivity contribution is -0.142. The SMILES string of the molecule is C#CCn1nc(C)c([C@H](C)C(=O)OC)c1C. The predicted octanol–water partition coefficient (Wildman–Crippen LogP) is 1.41. The van der Waals surface area contributed by atoms with Gasteiger partial charge in [0.1, 0.15) is 6.54 Å². The van der Waals surface area contributed by atoms with Gasteiger partial charge in [0.15, 0.2) is 0 Å². The number of methoxy groups -OCH3 is 1. The minimum Gasteiger partial charge on any atom is -0.469 e. The first-order chi connectivity index (χ1) is 7.52. The summed E-state index contributed by atoms with van der Waals surface area (Å²) in [5.74, 6) is 1.97. The zero-order valence-corrected chi connectivity index (χ0v) is 10.1. The van der Waals surface area contributed by atoms with Crippen LogP contribution in [0.4, 0.5) is 0 Å². The largest absolute Gasteiger partial charge is 0.469 e. The Morgan fingerprint density at radius 3 is 2.75 bits per heavy atom. The second kappa shape index (κ2) is 4.84. The van der Waals surface area contributed by atoms with Crippen LogP contribution in [-0.2, 0) is 16.1 Å². The molecule has 1 rings (SSSR count). The van der Waals surface area contributed by atoms with Crippen LogP contribution in [-0.4, -0.2) is 22.9 Å². The van der Waals surface area contributed by atoms with Crippen molar-refractivity contribution >= 4 is 5.97 Å². The quantitative estimate of drug-likeness (QED) is 0.571. The summed E-state index contributed by atoms with van der Waals surface area (Å²) in [6.45, 7) is 6.00. The molecule has 0 unspecified atom stereocenters. The monoisotopic (exact) mass is 220 g/mol. The molecule has 0 saturated heterocycles. The van der Waals surface area contributed by atoms with E-state index in [0.29, 0.717) is 6.54 Å². The summed E-state index contributed by atoms with van der Waals surface area (Å²) < 4.78 is 6.46. The van der Waals surface area contributed by atoms with Crippen molar-refractivity contribution < 1.29 is 9.53 Å². The first-order valence-corrected chi connectivity index (χ1v) is 5.08. The maximum absolute atomic E-state index is 11.5. The number of esters is 1. The van der Waals surface area contributed by atoms with Crippen molar-refractivity contribution in [2.24, 2.45) is 0 Å². The molecule has 0 radical (unpaired) electrons. The summed E-state index contributed by atoms with van der Waals surface area (Å²) in [4.78, 5) is 11.5. The molecule has 0 bridgehead atoms. The second-order valence-corrected chi connectivity index (χ2v) is 3.69. The number of carbonyl (C=O) groups excluding carboxylic acids is 1. The topological polar surface area (TPSA) is 44.1 Å². The zero-order valence-electron chi connectivity index (χ0n) is 10.1. The highest BCUT2D eigenvalue weighted by Crippen LogP contribution is 2.24. The van der Waals surface area contributed by atoms with Crippen molar-refractivity contribution in [2.75, 3.05) is 7.11 Å². The Bertz CT molecular complexity index is 441. The number of hydrogen-bond donors (Lipinski definition) is 0. The predicted molar refractivity (Wildman–Crippen MR) is 61.0 cm³/mol. The average Bonchev–Trinajstić information content (AvgIpc) is 2.53. The maximum Gasteiger partial charge on any atom is 0.312 e. The fourth-order valence-electron chi connectivity index (χ4n) is 1.87. The van der Waals surface area contributed by atoms with Gasteiger partial charge in [0.2, 0.25) is 0 Å². The van der Waals surface area contributed by atoms with Gasteiger partial charge >= 0.3 is 5.97 Å². The van der Waals surface area contributed by atoms with E-state index in [-0.39, 0.29) is 11.9 Å². The molecular weight excluding hydrogens is 204 g/mol. The molecule has 0 N–H and O–H groups in total. The summed E-state index contributed by atoms with van der Waals surface area (Å²) in [7, 11) is 1.38. The smallest absolute Gasteiger partial charge is 0.312 e. The molecule has 0 fully saturated rings. The van der Waals surface area contributed by atoms with Crippen LogP contribution < -0.4 is 0 Å². The molecule has 1 heterocycles. The van der Waals surface area contributed by atoms with Crippen LogP contribution in [0.15, 0.2) is 0 Å². The molecule has 0 spiro atoms. The molecule has 0 amide bonds. The van der Waals surface area contributed by atoms with E-state index in [1.807, 2.05) is 20.8 Å². The van der Waals surface area contributed by atoms with Gasteiger partial charge in [-0.2, -0.15) is 5.10 Å². The number of terminal acetylenes is 1. The number of carbonyl (C=O) groups is 1. The summed E-state index contributed by atoms with van der Waals surface area (Å²) in [6, 6.07) is 0. The standard InChI is InChI=1S/C12H16N2O2/c1-6-7-14-10(4)11(9(3)13-14)8(2)12(15)16-5/h1,8H,7H2,2-5H3/t8-/m0/s1. The number of aryl methyl sites for hydroxylation is 1. The van der Waals surface area contributed by atoms with Gasteiger partial charge in [-0.15, -0.1) is 6.42 Å². The van der Waals surface area contributed by atoms with Gasteiger partial charge in [0.05, 0.1) is 18.7 Å². The minimum absolute atomic E-state index is 0.258. The molecule has 4 heteroatoms. The van der Waals surface area contributed by atoms with Crippen LogP contribution >= 0.6 is 0 Å². The third-order valence-corrected chi connectivity index (χ3v) is 2.67. The first-order valence-electron chi connectivity index (χ1n) is 5.08. The van der Waals surface area contributed by atoms with Crippen LogP contribution in [0.5, 0.6) is 0 Å². The minimum atomic E-state index is -0.309. The van der Waals surface area contributed by atoms with Crippen LogP contribution in [0.1, 0.15) is 29.8 Å². The summed E-state index contributed by atoms with van der Waals surface area (Å²) in [5, 5.41) is 4.30. The molecule has 0 aliphatic rings. The van der Waals surface area contributed by atoms with Crippen molar-refractivity contribution in [3.05, 3.63) is 17.0 Å². The molecular formula is C12H16N2O2. The highest BCUT2D eigenvalue weighted by molar-refractivity contribution is 5.78. The van der Waals surface area contributed by atoms with E-state index in [1.54, 1.807) is 4.68 Å². The lowest BCUT2D eigenvalue weighted by Crippen LogP contribution is -2.12. The van der Waals surface area contributed by atoms with Crippen molar-refractivity contribution in [3.63, 3.8) is 0 Å².